The highest BCUT2D eigenvalue weighted by Crippen LogP contribution is 2.32. The number of nitrogens with one attached hydrogen (secondary N) is 1. The number of nitrogens with zero attached hydrogens (tertiary/aromatic N) is 1. The monoisotopic (exact) mass is 370 g/mol. The van der Waals surface area contributed by atoms with E-state index in [1.807, 2.05) is 57.2 Å². The summed E-state index contributed by atoms with van der Waals surface area (Å²) in [6.45, 7) is 9.51. The van der Waals surface area contributed by atoms with E-state index in [9.17, 15) is 4.79 Å². The van der Waals surface area contributed by atoms with E-state index in [0.29, 0.717) is 6.61 Å². The number of amides is 1. The van der Waals surface area contributed by atoms with Crippen LogP contribution in [0.5, 0.6) is 5.75 Å². The molecular formula is C22H30N2O3. The van der Waals surface area contributed by atoms with Gasteiger partial charge in [0.1, 0.15) is 18.0 Å². The summed E-state index contributed by atoms with van der Waals surface area (Å²) in [5, 5.41) is 4.79. The number of ether oxygens (including phenoxy) is 2. The highest BCUT2D eigenvalue weighted by molar-refractivity contribution is 6.02. The third kappa shape index (κ3) is 5.60. The maximum absolute atomic E-state index is 12.1. The average molecular weight is 370 g/mol. The second-order valence-electron chi connectivity index (χ2n) is 8.03. The molecule has 1 saturated heterocycles. The lowest BCUT2D eigenvalue weighted by Crippen LogP contribution is -2.33. The molecule has 1 heterocycles. The third-order valence-electron chi connectivity index (χ3n) is 4.63. The third-order valence-corrected chi connectivity index (χ3v) is 4.63. The molecule has 1 aliphatic heterocycles. The van der Waals surface area contributed by atoms with Crippen molar-refractivity contribution in [2.75, 3.05) is 31.6 Å². The SMILES string of the molecule is CC(C)(C)OC(=O)Nc1ccc(OCCN2CCCCC2)c2ccccc12. The number of hydrogen-bond donors (Lipinski definition) is 1. The minimum absolute atomic E-state index is 0.452. The van der Waals surface area contributed by atoms with Gasteiger partial charge in [-0.1, -0.05) is 30.7 Å². The summed E-state index contributed by atoms with van der Waals surface area (Å²) in [5.41, 5.74) is 0.195. The lowest BCUT2D eigenvalue weighted by molar-refractivity contribution is 0.0636. The first-order chi connectivity index (χ1) is 12.9. The van der Waals surface area contributed by atoms with Crippen LogP contribution in [0.4, 0.5) is 10.5 Å². The number of benzene rings is 2. The van der Waals surface area contributed by atoms with Crippen LogP contribution < -0.4 is 10.1 Å². The molecule has 1 fully saturated rings. The first-order valence-corrected chi connectivity index (χ1v) is 9.79. The quantitative estimate of drug-likeness (QED) is 0.800. The molecule has 0 spiro atoms. The molecule has 2 aromatic carbocycles. The number of anilines is 1. The normalized spacial score (nSPS) is 15.5. The van der Waals surface area contributed by atoms with Gasteiger partial charge in [-0.15, -0.1) is 0 Å². The van der Waals surface area contributed by atoms with Gasteiger partial charge in [0, 0.05) is 17.3 Å². The molecule has 0 aromatic heterocycles. The van der Waals surface area contributed by atoms with Crippen LogP contribution in [-0.2, 0) is 4.74 Å². The van der Waals surface area contributed by atoms with Gasteiger partial charge in [-0.25, -0.2) is 4.79 Å². The van der Waals surface area contributed by atoms with Gasteiger partial charge in [-0.2, -0.15) is 0 Å². The smallest absolute Gasteiger partial charge is 0.412 e. The van der Waals surface area contributed by atoms with Gasteiger partial charge in [0.25, 0.3) is 0 Å². The molecule has 0 atom stereocenters. The molecule has 3 rings (SSSR count). The molecule has 1 aliphatic rings. The van der Waals surface area contributed by atoms with E-state index in [4.69, 9.17) is 9.47 Å². The summed E-state index contributed by atoms with van der Waals surface area (Å²) >= 11 is 0. The van der Waals surface area contributed by atoms with Gasteiger partial charge in [0.05, 0.1) is 5.69 Å². The fraction of sp³-hybridized carbons (Fsp3) is 0.500. The van der Waals surface area contributed by atoms with Gasteiger partial charge in [0.2, 0.25) is 0 Å². The maximum atomic E-state index is 12.1. The Morgan fingerprint density at radius 3 is 2.44 bits per heavy atom. The second kappa shape index (κ2) is 8.61. The van der Waals surface area contributed by atoms with Crippen molar-refractivity contribution in [1.29, 1.82) is 0 Å². The summed E-state index contributed by atoms with van der Waals surface area (Å²) in [7, 11) is 0. The number of likely N-dealkylation sites (tertiary alicyclic amines) is 1. The molecule has 146 valence electrons. The Morgan fingerprint density at radius 2 is 1.74 bits per heavy atom. The van der Waals surface area contributed by atoms with E-state index < -0.39 is 11.7 Å². The Hall–Kier alpha value is -2.27. The number of carbonyl (C=O) groups is 1. The predicted octanol–water partition coefficient (Wildman–Crippen LogP) is 5.05. The van der Waals surface area contributed by atoms with E-state index in [-0.39, 0.29) is 0 Å². The minimum Gasteiger partial charge on any atom is -0.492 e. The first-order valence-electron chi connectivity index (χ1n) is 9.79. The summed E-state index contributed by atoms with van der Waals surface area (Å²) < 4.78 is 11.4. The van der Waals surface area contributed by atoms with Crippen LogP contribution in [0, 0.1) is 0 Å². The zero-order valence-electron chi connectivity index (χ0n) is 16.6. The Labute approximate surface area is 161 Å². The lowest BCUT2D eigenvalue weighted by Gasteiger charge is -2.26. The number of hydrogen-bond acceptors (Lipinski definition) is 4. The highest BCUT2D eigenvalue weighted by Gasteiger charge is 2.17. The van der Waals surface area contributed by atoms with E-state index in [1.54, 1.807) is 0 Å². The Morgan fingerprint density at radius 1 is 1.04 bits per heavy atom. The van der Waals surface area contributed by atoms with Crippen LogP contribution in [0.15, 0.2) is 36.4 Å². The van der Waals surface area contributed by atoms with Crippen molar-refractivity contribution in [3.8, 4) is 5.75 Å². The van der Waals surface area contributed by atoms with E-state index in [1.165, 1.54) is 32.4 Å². The summed E-state index contributed by atoms with van der Waals surface area (Å²) in [6.07, 6.45) is 3.46. The number of fused-ring (bicyclic) bond motifs is 1. The Balaban J connectivity index is 1.69. The second-order valence-corrected chi connectivity index (χ2v) is 8.03. The Kier molecular flexibility index (Phi) is 6.22. The first kappa shape index (κ1) is 19.5. The zero-order chi connectivity index (χ0) is 19.3. The van der Waals surface area contributed by atoms with Gasteiger partial charge >= 0.3 is 6.09 Å². The van der Waals surface area contributed by atoms with Crippen LogP contribution in [0.3, 0.4) is 0 Å². The molecule has 5 heteroatoms. The predicted molar refractivity (Wildman–Crippen MR) is 110 cm³/mol. The summed E-state index contributed by atoms with van der Waals surface area (Å²) in [6, 6.07) is 11.7. The highest BCUT2D eigenvalue weighted by atomic mass is 16.6. The summed E-state index contributed by atoms with van der Waals surface area (Å²) in [5.74, 6) is 0.845. The number of rotatable bonds is 5. The summed E-state index contributed by atoms with van der Waals surface area (Å²) in [4.78, 5) is 14.6. The Bertz CT molecular complexity index is 777. The lowest BCUT2D eigenvalue weighted by atomic mass is 10.1. The van der Waals surface area contributed by atoms with Gasteiger partial charge in [0.15, 0.2) is 0 Å². The largest absolute Gasteiger partial charge is 0.492 e. The van der Waals surface area contributed by atoms with Crippen molar-refractivity contribution in [3.63, 3.8) is 0 Å². The molecule has 27 heavy (non-hydrogen) atoms. The average Bonchev–Trinajstić information content (AvgIpc) is 2.63. The van der Waals surface area contributed by atoms with E-state index in [0.717, 1.165) is 28.8 Å². The number of carbonyl (C=O) groups excluding carboxylic acids is 1. The maximum Gasteiger partial charge on any atom is 0.412 e. The molecule has 0 unspecified atom stereocenters. The molecular weight excluding hydrogens is 340 g/mol. The van der Waals surface area contributed by atoms with Gasteiger partial charge in [-0.05, 0) is 58.8 Å². The molecule has 2 aromatic rings. The van der Waals surface area contributed by atoms with Crippen molar-refractivity contribution in [2.45, 2.75) is 45.6 Å². The van der Waals surface area contributed by atoms with Crippen LogP contribution in [0.2, 0.25) is 0 Å². The van der Waals surface area contributed by atoms with Crippen LogP contribution in [0.1, 0.15) is 40.0 Å². The van der Waals surface area contributed by atoms with E-state index >= 15 is 0 Å². The van der Waals surface area contributed by atoms with Crippen LogP contribution in [0.25, 0.3) is 10.8 Å². The van der Waals surface area contributed by atoms with Crippen LogP contribution >= 0.6 is 0 Å². The fourth-order valence-electron chi connectivity index (χ4n) is 3.39. The van der Waals surface area contributed by atoms with Crippen molar-refractivity contribution in [3.05, 3.63) is 36.4 Å². The minimum atomic E-state index is -0.530. The van der Waals surface area contributed by atoms with Gasteiger partial charge in [-0.3, -0.25) is 10.2 Å². The van der Waals surface area contributed by atoms with Crippen molar-refractivity contribution in [1.82, 2.24) is 4.90 Å². The van der Waals surface area contributed by atoms with Crippen LogP contribution in [-0.4, -0.2) is 42.8 Å². The zero-order valence-corrected chi connectivity index (χ0v) is 16.6. The molecule has 1 N–H and O–H groups in total. The van der Waals surface area contributed by atoms with E-state index in [2.05, 4.69) is 10.2 Å². The van der Waals surface area contributed by atoms with Crippen molar-refractivity contribution < 1.29 is 14.3 Å². The molecule has 0 aliphatic carbocycles. The number of piperidine rings is 1. The molecule has 5 nitrogen and oxygen atoms in total. The fourth-order valence-corrected chi connectivity index (χ4v) is 3.39. The molecule has 0 saturated carbocycles. The topological polar surface area (TPSA) is 50.8 Å². The van der Waals surface area contributed by atoms with Crippen molar-refractivity contribution in [2.24, 2.45) is 0 Å². The van der Waals surface area contributed by atoms with Gasteiger partial charge < -0.3 is 9.47 Å². The molecule has 1 amide bonds. The molecule has 0 radical (unpaired) electrons. The van der Waals surface area contributed by atoms with Crippen molar-refractivity contribution >= 4 is 22.6 Å². The standard InChI is InChI=1S/C22H30N2O3/c1-22(2,3)27-21(25)23-19-11-12-20(18-10-6-5-9-17(18)19)26-16-15-24-13-7-4-8-14-24/h5-6,9-12H,4,7-8,13-16H2,1-3H3,(H,23,25). The molecule has 0 bridgehead atoms.